The highest BCUT2D eigenvalue weighted by Crippen LogP contribution is 2.15. The number of fused-ring (bicyclic) bond motifs is 1. The Hall–Kier alpha value is -2.95. The molecule has 0 radical (unpaired) electrons. The maximum Gasteiger partial charge on any atom is 0.275 e. The van der Waals surface area contributed by atoms with Crippen molar-refractivity contribution in [3.63, 3.8) is 0 Å². The fraction of sp³-hybridized carbons (Fsp3) is 0.211. The van der Waals surface area contributed by atoms with E-state index in [-0.39, 0.29) is 18.0 Å². The quantitative estimate of drug-likeness (QED) is 0.803. The Labute approximate surface area is 139 Å². The van der Waals surface area contributed by atoms with E-state index in [1.807, 2.05) is 56.3 Å². The lowest BCUT2D eigenvalue weighted by Gasteiger charge is -2.11. The van der Waals surface area contributed by atoms with Crippen LogP contribution >= 0.6 is 0 Å². The number of hydrogen-bond acceptors (Lipinski definition) is 3. The number of anilines is 1. The molecule has 3 aromatic rings. The molecular formula is C19H19N3O2. The van der Waals surface area contributed by atoms with Crippen LogP contribution in [0.15, 0.2) is 53.3 Å². The Morgan fingerprint density at radius 2 is 1.75 bits per heavy atom. The Balaban J connectivity index is 1.88. The molecule has 0 saturated heterocycles. The van der Waals surface area contributed by atoms with Crippen molar-refractivity contribution in [1.29, 1.82) is 0 Å². The van der Waals surface area contributed by atoms with Crippen molar-refractivity contribution < 1.29 is 4.79 Å². The summed E-state index contributed by atoms with van der Waals surface area (Å²) in [4.78, 5) is 24.9. The Morgan fingerprint density at radius 1 is 1.08 bits per heavy atom. The fourth-order valence-corrected chi connectivity index (χ4v) is 2.79. The summed E-state index contributed by atoms with van der Waals surface area (Å²) in [7, 11) is 0. The molecule has 2 aromatic carbocycles. The van der Waals surface area contributed by atoms with Crippen LogP contribution in [0.3, 0.4) is 0 Å². The van der Waals surface area contributed by atoms with Crippen molar-refractivity contribution in [2.45, 2.75) is 26.8 Å². The summed E-state index contributed by atoms with van der Waals surface area (Å²) >= 11 is 0. The number of para-hydroxylation sites is 1. The first-order chi connectivity index (χ1) is 11.6. The van der Waals surface area contributed by atoms with Gasteiger partial charge in [-0.05, 0) is 31.0 Å². The maximum absolute atomic E-state index is 12.5. The van der Waals surface area contributed by atoms with Gasteiger partial charge in [0, 0.05) is 11.1 Å². The molecule has 0 saturated carbocycles. The zero-order valence-corrected chi connectivity index (χ0v) is 13.7. The van der Waals surface area contributed by atoms with Crippen LogP contribution < -0.4 is 10.9 Å². The fourth-order valence-electron chi connectivity index (χ4n) is 2.79. The van der Waals surface area contributed by atoms with Gasteiger partial charge in [0.25, 0.3) is 5.56 Å². The SMILES string of the molecule is CCc1ccccc1NC(=O)Cn1nc(C)c2ccccc2c1=O. The largest absolute Gasteiger partial charge is 0.324 e. The first-order valence-electron chi connectivity index (χ1n) is 7.94. The first-order valence-corrected chi connectivity index (χ1v) is 7.94. The van der Waals surface area contributed by atoms with Crippen LogP contribution in [0.5, 0.6) is 0 Å². The molecule has 0 aliphatic rings. The summed E-state index contributed by atoms with van der Waals surface area (Å²) in [6.07, 6.45) is 0.823. The highest BCUT2D eigenvalue weighted by molar-refractivity contribution is 5.91. The second-order valence-electron chi connectivity index (χ2n) is 5.65. The second kappa shape index (κ2) is 6.66. The van der Waals surface area contributed by atoms with Crippen LogP contribution in [0.25, 0.3) is 10.8 Å². The molecule has 0 aliphatic heterocycles. The van der Waals surface area contributed by atoms with E-state index in [1.165, 1.54) is 4.68 Å². The van der Waals surface area contributed by atoms with Gasteiger partial charge in [0.05, 0.1) is 11.1 Å². The third kappa shape index (κ3) is 3.06. The number of rotatable bonds is 4. The van der Waals surface area contributed by atoms with Crippen molar-refractivity contribution in [3.8, 4) is 0 Å². The zero-order valence-electron chi connectivity index (χ0n) is 13.7. The minimum absolute atomic E-state index is 0.109. The van der Waals surface area contributed by atoms with Crippen LogP contribution in [0.2, 0.25) is 0 Å². The predicted octanol–water partition coefficient (Wildman–Crippen LogP) is 2.91. The van der Waals surface area contributed by atoms with Crippen LogP contribution in [-0.2, 0) is 17.8 Å². The number of amides is 1. The Morgan fingerprint density at radius 3 is 2.50 bits per heavy atom. The summed E-state index contributed by atoms with van der Waals surface area (Å²) in [5.74, 6) is -0.264. The highest BCUT2D eigenvalue weighted by atomic mass is 16.2. The number of hydrogen-bond donors (Lipinski definition) is 1. The number of nitrogens with zero attached hydrogens (tertiary/aromatic N) is 2. The van der Waals surface area contributed by atoms with Gasteiger partial charge in [-0.15, -0.1) is 0 Å². The summed E-state index contributed by atoms with van der Waals surface area (Å²) in [6.45, 7) is 3.76. The van der Waals surface area contributed by atoms with Gasteiger partial charge in [0.15, 0.2) is 0 Å². The van der Waals surface area contributed by atoms with Gasteiger partial charge in [-0.25, -0.2) is 4.68 Å². The number of carbonyl (C=O) groups is 1. The molecule has 0 fully saturated rings. The second-order valence-corrected chi connectivity index (χ2v) is 5.65. The van der Waals surface area contributed by atoms with Crippen molar-refractivity contribution >= 4 is 22.4 Å². The van der Waals surface area contributed by atoms with Crippen molar-refractivity contribution in [3.05, 3.63) is 70.1 Å². The van der Waals surface area contributed by atoms with Gasteiger partial charge in [0.1, 0.15) is 6.54 Å². The van der Waals surface area contributed by atoms with Crippen LogP contribution in [0.1, 0.15) is 18.2 Å². The van der Waals surface area contributed by atoms with Crippen LogP contribution in [0, 0.1) is 6.92 Å². The molecule has 1 aromatic heterocycles. The molecule has 0 spiro atoms. The lowest BCUT2D eigenvalue weighted by atomic mass is 10.1. The molecule has 0 atom stereocenters. The molecule has 122 valence electrons. The monoisotopic (exact) mass is 321 g/mol. The van der Waals surface area contributed by atoms with Gasteiger partial charge in [-0.3, -0.25) is 9.59 Å². The number of carbonyl (C=O) groups excluding carboxylic acids is 1. The van der Waals surface area contributed by atoms with Crippen molar-refractivity contribution in [1.82, 2.24) is 9.78 Å². The van der Waals surface area contributed by atoms with E-state index < -0.39 is 0 Å². The average Bonchev–Trinajstić information content (AvgIpc) is 2.60. The van der Waals surface area contributed by atoms with Gasteiger partial charge in [-0.2, -0.15) is 5.10 Å². The normalized spacial score (nSPS) is 10.8. The lowest BCUT2D eigenvalue weighted by molar-refractivity contribution is -0.117. The van der Waals surface area contributed by atoms with Crippen molar-refractivity contribution in [2.24, 2.45) is 0 Å². The van der Waals surface area contributed by atoms with E-state index in [0.717, 1.165) is 28.8 Å². The van der Waals surface area contributed by atoms with Gasteiger partial charge < -0.3 is 5.32 Å². The number of aryl methyl sites for hydroxylation is 2. The minimum Gasteiger partial charge on any atom is -0.324 e. The van der Waals surface area contributed by atoms with Gasteiger partial charge in [0.2, 0.25) is 5.91 Å². The molecule has 3 rings (SSSR count). The number of nitrogens with one attached hydrogen (secondary N) is 1. The van der Waals surface area contributed by atoms with E-state index >= 15 is 0 Å². The molecule has 0 unspecified atom stereocenters. The first kappa shape index (κ1) is 15.9. The number of aromatic nitrogens is 2. The van der Waals surface area contributed by atoms with E-state index in [1.54, 1.807) is 6.07 Å². The summed E-state index contributed by atoms with van der Waals surface area (Å²) in [5, 5.41) is 8.53. The lowest BCUT2D eigenvalue weighted by Crippen LogP contribution is -2.30. The molecular weight excluding hydrogens is 302 g/mol. The van der Waals surface area contributed by atoms with E-state index in [9.17, 15) is 9.59 Å². The van der Waals surface area contributed by atoms with E-state index in [0.29, 0.717) is 5.39 Å². The molecule has 1 heterocycles. The van der Waals surface area contributed by atoms with Gasteiger partial charge in [-0.1, -0.05) is 43.3 Å². The van der Waals surface area contributed by atoms with Gasteiger partial charge >= 0.3 is 0 Å². The summed E-state index contributed by atoms with van der Waals surface area (Å²) < 4.78 is 1.22. The molecule has 0 aliphatic carbocycles. The maximum atomic E-state index is 12.5. The van der Waals surface area contributed by atoms with Crippen molar-refractivity contribution in [2.75, 3.05) is 5.32 Å². The summed E-state index contributed by atoms with van der Waals surface area (Å²) in [5.41, 5.74) is 2.30. The third-order valence-corrected chi connectivity index (χ3v) is 4.02. The summed E-state index contributed by atoms with van der Waals surface area (Å²) in [6, 6.07) is 14.9. The van der Waals surface area contributed by atoms with Crippen LogP contribution in [0.4, 0.5) is 5.69 Å². The number of benzene rings is 2. The zero-order chi connectivity index (χ0) is 17.1. The molecule has 24 heavy (non-hydrogen) atoms. The minimum atomic E-state index is -0.264. The van der Waals surface area contributed by atoms with Crippen LogP contribution in [-0.4, -0.2) is 15.7 Å². The Bertz CT molecular complexity index is 960. The standard InChI is InChI=1S/C19H19N3O2/c1-3-14-8-4-7-11-17(14)20-18(23)12-22-19(24)16-10-6-5-9-15(16)13(2)21-22/h4-11H,3,12H2,1-2H3,(H,20,23). The Kier molecular flexibility index (Phi) is 4.42. The predicted molar refractivity (Wildman–Crippen MR) is 95.2 cm³/mol. The molecule has 0 bridgehead atoms. The topological polar surface area (TPSA) is 64.0 Å². The highest BCUT2D eigenvalue weighted by Gasteiger charge is 2.11. The van der Waals surface area contributed by atoms with E-state index in [4.69, 9.17) is 0 Å². The molecule has 1 N–H and O–H groups in total. The molecule has 5 heteroatoms. The average molecular weight is 321 g/mol. The third-order valence-electron chi connectivity index (χ3n) is 4.02. The molecule has 1 amide bonds. The van der Waals surface area contributed by atoms with E-state index in [2.05, 4.69) is 10.4 Å². The smallest absolute Gasteiger partial charge is 0.275 e. The molecule has 5 nitrogen and oxygen atoms in total.